The minimum atomic E-state index is -0.204. The number of halogens is 1. The fraction of sp³-hybridized carbons (Fsp3) is 0.600. The zero-order valence-electron chi connectivity index (χ0n) is 15.0. The second-order valence-electron chi connectivity index (χ2n) is 7.51. The maximum atomic E-state index is 13.4. The molecule has 0 spiro atoms. The first-order chi connectivity index (χ1) is 12.6. The van der Waals surface area contributed by atoms with Crippen molar-refractivity contribution in [3.8, 4) is 0 Å². The number of thioether (sulfide) groups is 1. The molecule has 0 radical (unpaired) electrons. The van der Waals surface area contributed by atoms with Crippen LogP contribution in [0.5, 0.6) is 0 Å². The van der Waals surface area contributed by atoms with Crippen molar-refractivity contribution in [1.82, 2.24) is 9.80 Å². The summed E-state index contributed by atoms with van der Waals surface area (Å²) in [5, 5.41) is 0.562. The summed E-state index contributed by atoms with van der Waals surface area (Å²) in [6, 6.07) is 5.69. The number of carbonyl (C=O) groups is 2. The number of fused-ring (bicyclic) bond motifs is 1. The standard InChI is InChI=1S/C20H25ClN2O2S/c21-14-3-4-16-17(5-6-19(24)18(16)11-14)20(25)23-9-10-26-13-15(23)12-22-7-1-2-8-22/h3-4,11,15,17H,1-2,5-10,12-13H2. The topological polar surface area (TPSA) is 40.6 Å². The smallest absolute Gasteiger partial charge is 0.230 e. The quantitative estimate of drug-likeness (QED) is 0.790. The molecule has 0 N–H and O–H groups in total. The van der Waals surface area contributed by atoms with Crippen molar-refractivity contribution in [1.29, 1.82) is 0 Å². The molecular weight excluding hydrogens is 368 g/mol. The van der Waals surface area contributed by atoms with Crippen LogP contribution in [0.15, 0.2) is 18.2 Å². The van der Waals surface area contributed by atoms with Gasteiger partial charge in [0.25, 0.3) is 0 Å². The normalized spacial score (nSPS) is 26.8. The SMILES string of the molecule is O=C1CCC(C(=O)N2CCSCC2CN2CCCC2)c2ccc(Cl)cc21. The predicted molar refractivity (Wildman–Crippen MR) is 106 cm³/mol. The lowest BCUT2D eigenvalue weighted by atomic mass is 9.81. The van der Waals surface area contributed by atoms with E-state index in [0.29, 0.717) is 23.4 Å². The lowest BCUT2D eigenvalue weighted by Gasteiger charge is -2.40. The molecule has 4 nitrogen and oxygen atoms in total. The van der Waals surface area contributed by atoms with Gasteiger partial charge in [-0.05, 0) is 50.0 Å². The van der Waals surface area contributed by atoms with E-state index in [-0.39, 0.29) is 23.7 Å². The zero-order valence-corrected chi connectivity index (χ0v) is 16.5. The Balaban J connectivity index is 1.55. The summed E-state index contributed by atoms with van der Waals surface area (Å²) < 4.78 is 0. The molecule has 0 bridgehead atoms. The van der Waals surface area contributed by atoms with Crippen LogP contribution in [0.2, 0.25) is 5.02 Å². The van der Waals surface area contributed by atoms with E-state index in [1.807, 2.05) is 17.8 Å². The number of carbonyl (C=O) groups excluding carboxylic acids is 2. The minimum absolute atomic E-state index is 0.106. The molecule has 2 fully saturated rings. The van der Waals surface area contributed by atoms with Gasteiger partial charge in [0.05, 0.1) is 12.0 Å². The highest BCUT2D eigenvalue weighted by Crippen LogP contribution is 2.35. The molecule has 140 valence electrons. The Morgan fingerprint density at radius 3 is 2.85 bits per heavy atom. The van der Waals surface area contributed by atoms with Crippen molar-refractivity contribution < 1.29 is 9.59 Å². The van der Waals surface area contributed by atoms with Gasteiger partial charge in [-0.3, -0.25) is 9.59 Å². The number of amides is 1. The van der Waals surface area contributed by atoms with Crippen molar-refractivity contribution in [3.05, 3.63) is 34.3 Å². The summed E-state index contributed by atoms with van der Waals surface area (Å²) >= 11 is 8.03. The summed E-state index contributed by atoms with van der Waals surface area (Å²) in [7, 11) is 0. The van der Waals surface area contributed by atoms with Crippen LogP contribution < -0.4 is 0 Å². The van der Waals surface area contributed by atoms with E-state index in [0.717, 1.165) is 43.2 Å². The number of likely N-dealkylation sites (tertiary alicyclic amines) is 1. The van der Waals surface area contributed by atoms with Gasteiger partial charge in [0, 0.05) is 41.6 Å². The largest absolute Gasteiger partial charge is 0.336 e. The van der Waals surface area contributed by atoms with E-state index in [1.165, 1.54) is 12.8 Å². The van der Waals surface area contributed by atoms with Crippen LogP contribution in [0, 0.1) is 0 Å². The van der Waals surface area contributed by atoms with Crippen molar-refractivity contribution in [2.75, 3.05) is 37.7 Å². The van der Waals surface area contributed by atoms with Gasteiger partial charge >= 0.3 is 0 Å². The van der Waals surface area contributed by atoms with Crippen LogP contribution in [0.3, 0.4) is 0 Å². The van der Waals surface area contributed by atoms with Crippen LogP contribution in [-0.4, -0.2) is 65.2 Å². The number of Topliss-reactive ketones (excluding diaryl/α,β-unsaturated/α-hetero) is 1. The number of hydrogen-bond acceptors (Lipinski definition) is 4. The molecular formula is C20H25ClN2O2S. The molecule has 0 saturated carbocycles. The third-order valence-electron chi connectivity index (χ3n) is 5.83. The minimum Gasteiger partial charge on any atom is -0.336 e. The molecule has 0 aromatic heterocycles. The fourth-order valence-corrected chi connectivity index (χ4v) is 5.68. The Hall–Kier alpha value is -1.04. The maximum absolute atomic E-state index is 13.4. The average molecular weight is 393 g/mol. The molecule has 1 aliphatic carbocycles. The molecule has 1 aromatic rings. The predicted octanol–water partition coefficient (Wildman–Crippen LogP) is 3.44. The highest BCUT2D eigenvalue weighted by molar-refractivity contribution is 7.99. The molecule has 3 aliphatic rings. The van der Waals surface area contributed by atoms with Gasteiger partial charge in [0.1, 0.15) is 0 Å². The van der Waals surface area contributed by atoms with Crippen molar-refractivity contribution in [2.24, 2.45) is 0 Å². The van der Waals surface area contributed by atoms with Crippen molar-refractivity contribution in [3.63, 3.8) is 0 Å². The van der Waals surface area contributed by atoms with Crippen LogP contribution in [0.1, 0.15) is 47.5 Å². The van der Waals surface area contributed by atoms with Gasteiger partial charge in [-0.25, -0.2) is 0 Å². The molecule has 6 heteroatoms. The summed E-state index contributed by atoms with van der Waals surface area (Å²) in [6.07, 6.45) is 3.59. The fourth-order valence-electron chi connectivity index (χ4n) is 4.46. The lowest BCUT2D eigenvalue weighted by Crippen LogP contribution is -2.52. The summed E-state index contributed by atoms with van der Waals surface area (Å²) in [5.74, 6) is 2.12. The lowest BCUT2D eigenvalue weighted by molar-refractivity contribution is -0.135. The second kappa shape index (κ2) is 7.91. The van der Waals surface area contributed by atoms with Crippen LogP contribution in [0.25, 0.3) is 0 Å². The summed E-state index contributed by atoms with van der Waals surface area (Å²) in [4.78, 5) is 30.3. The van der Waals surface area contributed by atoms with Crippen LogP contribution >= 0.6 is 23.4 Å². The van der Waals surface area contributed by atoms with E-state index in [9.17, 15) is 9.59 Å². The Morgan fingerprint density at radius 2 is 2.04 bits per heavy atom. The molecule has 26 heavy (non-hydrogen) atoms. The Morgan fingerprint density at radius 1 is 1.23 bits per heavy atom. The van der Waals surface area contributed by atoms with Crippen molar-refractivity contribution >= 4 is 35.1 Å². The molecule has 2 heterocycles. The summed E-state index contributed by atoms with van der Waals surface area (Å²) in [6.45, 7) is 4.11. The van der Waals surface area contributed by atoms with Crippen LogP contribution in [0.4, 0.5) is 0 Å². The van der Waals surface area contributed by atoms with Gasteiger partial charge in [-0.2, -0.15) is 11.8 Å². The van der Waals surface area contributed by atoms with E-state index >= 15 is 0 Å². The molecule has 2 unspecified atom stereocenters. The average Bonchev–Trinajstić information content (AvgIpc) is 3.15. The number of hydrogen-bond donors (Lipinski definition) is 0. The molecule has 1 amide bonds. The molecule has 2 aliphatic heterocycles. The Kier molecular flexibility index (Phi) is 5.58. The van der Waals surface area contributed by atoms with Gasteiger partial charge < -0.3 is 9.80 Å². The third kappa shape index (κ3) is 3.67. The van der Waals surface area contributed by atoms with E-state index in [2.05, 4.69) is 9.80 Å². The number of benzene rings is 1. The van der Waals surface area contributed by atoms with E-state index < -0.39 is 0 Å². The van der Waals surface area contributed by atoms with Gasteiger partial charge in [0.15, 0.2) is 5.78 Å². The molecule has 2 saturated heterocycles. The van der Waals surface area contributed by atoms with Crippen LogP contribution in [-0.2, 0) is 4.79 Å². The number of ketones is 1. The molecule has 2 atom stereocenters. The zero-order chi connectivity index (χ0) is 18.1. The van der Waals surface area contributed by atoms with E-state index in [1.54, 1.807) is 12.1 Å². The monoisotopic (exact) mass is 392 g/mol. The highest BCUT2D eigenvalue weighted by Gasteiger charge is 2.37. The maximum Gasteiger partial charge on any atom is 0.230 e. The Bertz CT molecular complexity index is 705. The first kappa shape index (κ1) is 18.3. The number of nitrogens with zero attached hydrogens (tertiary/aromatic N) is 2. The van der Waals surface area contributed by atoms with Gasteiger partial charge in [-0.1, -0.05) is 17.7 Å². The number of rotatable bonds is 3. The first-order valence-corrected chi connectivity index (χ1v) is 11.1. The summed E-state index contributed by atoms with van der Waals surface area (Å²) in [5.41, 5.74) is 1.51. The van der Waals surface area contributed by atoms with Gasteiger partial charge in [-0.15, -0.1) is 0 Å². The van der Waals surface area contributed by atoms with Gasteiger partial charge in [0.2, 0.25) is 5.91 Å². The van der Waals surface area contributed by atoms with Crippen molar-refractivity contribution in [2.45, 2.75) is 37.6 Å². The highest BCUT2D eigenvalue weighted by atomic mass is 35.5. The third-order valence-corrected chi connectivity index (χ3v) is 7.15. The first-order valence-electron chi connectivity index (χ1n) is 9.56. The molecule has 1 aromatic carbocycles. The van der Waals surface area contributed by atoms with E-state index in [4.69, 9.17) is 11.6 Å². The molecule has 4 rings (SSSR count). The second-order valence-corrected chi connectivity index (χ2v) is 9.10. The Labute approximate surface area is 164 Å².